The van der Waals surface area contributed by atoms with Crippen LogP contribution in [0, 0.1) is 0 Å². The number of aromatic amines is 1. The molecule has 0 saturated carbocycles. The Morgan fingerprint density at radius 2 is 1.67 bits per heavy atom. The monoisotopic (exact) mass is 232 g/mol. The fourth-order valence-electron chi connectivity index (χ4n) is 2.71. The van der Waals surface area contributed by atoms with Crippen LogP contribution in [0.3, 0.4) is 0 Å². The van der Waals surface area contributed by atoms with Crippen molar-refractivity contribution in [2.45, 2.75) is 6.42 Å². The molecule has 3 aromatic rings. The van der Waals surface area contributed by atoms with Crippen LogP contribution in [0.2, 0.25) is 0 Å². The molecule has 1 aliphatic rings. The molecule has 1 N–H and O–H groups in total. The number of hydrogen-bond acceptors (Lipinski definition) is 1. The van der Waals surface area contributed by atoms with Crippen molar-refractivity contribution in [3.8, 4) is 22.4 Å². The Balaban J connectivity index is 1.97. The second-order valence-corrected chi connectivity index (χ2v) is 4.63. The predicted molar refractivity (Wildman–Crippen MR) is 72.3 cm³/mol. The molecule has 86 valence electrons. The lowest BCUT2D eigenvalue weighted by Gasteiger charge is -2.02. The van der Waals surface area contributed by atoms with E-state index in [0.717, 1.165) is 12.1 Å². The van der Waals surface area contributed by atoms with E-state index in [0.29, 0.717) is 0 Å². The van der Waals surface area contributed by atoms with E-state index in [-0.39, 0.29) is 0 Å². The molecular weight excluding hydrogens is 220 g/mol. The van der Waals surface area contributed by atoms with E-state index in [2.05, 4.69) is 58.7 Å². The maximum Gasteiger partial charge on any atom is 0.100 e. The van der Waals surface area contributed by atoms with Crippen molar-refractivity contribution in [2.24, 2.45) is 0 Å². The van der Waals surface area contributed by atoms with E-state index in [9.17, 15) is 0 Å². The molecule has 4 rings (SSSR count). The van der Waals surface area contributed by atoms with Gasteiger partial charge in [0.15, 0.2) is 0 Å². The summed E-state index contributed by atoms with van der Waals surface area (Å²) in [6.45, 7) is 0. The van der Waals surface area contributed by atoms with Gasteiger partial charge in [0.25, 0.3) is 0 Å². The second kappa shape index (κ2) is 3.57. The van der Waals surface area contributed by atoms with Crippen molar-refractivity contribution >= 4 is 0 Å². The number of nitrogens with zero attached hydrogens (tertiary/aromatic N) is 1. The average Bonchev–Trinajstić information content (AvgIpc) is 2.98. The Morgan fingerprint density at radius 1 is 0.889 bits per heavy atom. The van der Waals surface area contributed by atoms with Gasteiger partial charge in [-0.3, -0.25) is 5.10 Å². The van der Waals surface area contributed by atoms with Gasteiger partial charge in [0.2, 0.25) is 0 Å². The second-order valence-electron chi connectivity index (χ2n) is 4.63. The molecule has 0 saturated heterocycles. The lowest BCUT2D eigenvalue weighted by atomic mass is 10.0. The van der Waals surface area contributed by atoms with Gasteiger partial charge in [0.1, 0.15) is 5.69 Å². The van der Waals surface area contributed by atoms with Crippen LogP contribution >= 0.6 is 0 Å². The molecule has 1 aromatic heterocycles. The van der Waals surface area contributed by atoms with E-state index < -0.39 is 0 Å². The van der Waals surface area contributed by atoms with Crippen LogP contribution in [0.4, 0.5) is 0 Å². The molecule has 2 heteroatoms. The summed E-state index contributed by atoms with van der Waals surface area (Å²) in [6.07, 6.45) is 0.964. The van der Waals surface area contributed by atoms with Crippen molar-refractivity contribution < 1.29 is 0 Å². The summed E-state index contributed by atoms with van der Waals surface area (Å²) >= 11 is 0. The van der Waals surface area contributed by atoms with Gasteiger partial charge >= 0.3 is 0 Å². The summed E-state index contributed by atoms with van der Waals surface area (Å²) in [7, 11) is 0. The summed E-state index contributed by atoms with van der Waals surface area (Å²) in [5.74, 6) is 0. The Labute approximate surface area is 105 Å². The number of nitrogens with one attached hydrogen (secondary N) is 1. The minimum absolute atomic E-state index is 0.964. The zero-order valence-electron chi connectivity index (χ0n) is 9.85. The summed E-state index contributed by atoms with van der Waals surface area (Å²) in [5, 5.41) is 7.66. The minimum Gasteiger partial charge on any atom is -0.281 e. The number of aromatic nitrogens is 2. The fraction of sp³-hybridized carbons (Fsp3) is 0.0625. The van der Waals surface area contributed by atoms with Crippen LogP contribution in [0.15, 0.2) is 54.6 Å². The third kappa shape index (κ3) is 1.26. The van der Waals surface area contributed by atoms with Crippen LogP contribution in [0.25, 0.3) is 22.4 Å². The maximum absolute atomic E-state index is 4.48. The highest BCUT2D eigenvalue weighted by Gasteiger charge is 2.24. The van der Waals surface area contributed by atoms with E-state index in [1.54, 1.807) is 0 Å². The SMILES string of the molecule is c1ccc(-c2n[nH]c3c2-c2ccccc2C3)cc1. The molecule has 18 heavy (non-hydrogen) atoms. The normalized spacial score (nSPS) is 12.2. The summed E-state index contributed by atoms with van der Waals surface area (Å²) in [4.78, 5) is 0. The van der Waals surface area contributed by atoms with Crippen molar-refractivity contribution in [3.63, 3.8) is 0 Å². The quantitative estimate of drug-likeness (QED) is 0.533. The molecular formula is C16H12N2. The lowest BCUT2D eigenvalue weighted by Crippen LogP contribution is -1.84. The van der Waals surface area contributed by atoms with E-state index >= 15 is 0 Å². The molecule has 2 aromatic carbocycles. The number of rotatable bonds is 1. The number of benzene rings is 2. The van der Waals surface area contributed by atoms with Crippen molar-refractivity contribution in [2.75, 3.05) is 0 Å². The Bertz CT molecular complexity index is 711. The molecule has 0 amide bonds. The van der Waals surface area contributed by atoms with Crippen molar-refractivity contribution in [1.82, 2.24) is 10.2 Å². The fourth-order valence-corrected chi connectivity index (χ4v) is 2.71. The van der Waals surface area contributed by atoms with Gasteiger partial charge in [-0.15, -0.1) is 0 Å². The van der Waals surface area contributed by atoms with Crippen LogP contribution in [0.5, 0.6) is 0 Å². The zero-order chi connectivity index (χ0) is 11.9. The first kappa shape index (κ1) is 9.66. The smallest absolute Gasteiger partial charge is 0.100 e. The summed E-state index contributed by atoms with van der Waals surface area (Å²) in [6, 6.07) is 18.9. The number of hydrogen-bond donors (Lipinski definition) is 1. The van der Waals surface area contributed by atoms with Crippen LogP contribution in [0.1, 0.15) is 11.3 Å². The third-order valence-electron chi connectivity index (χ3n) is 3.54. The first-order chi connectivity index (χ1) is 8.93. The molecule has 0 radical (unpaired) electrons. The molecule has 0 fully saturated rings. The topological polar surface area (TPSA) is 28.7 Å². The molecule has 0 bridgehead atoms. The van der Waals surface area contributed by atoms with Gasteiger partial charge < -0.3 is 0 Å². The largest absolute Gasteiger partial charge is 0.281 e. The number of fused-ring (bicyclic) bond motifs is 3. The third-order valence-corrected chi connectivity index (χ3v) is 3.54. The molecule has 0 unspecified atom stereocenters. The molecule has 1 aliphatic carbocycles. The van der Waals surface area contributed by atoms with Gasteiger partial charge in [-0.1, -0.05) is 54.6 Å². The highest BCUT2D eigenvalue weighted by molar-refractivity contribution is 5.87. The highest BCUT2D eigenvalue weighted by Crippen LogP contribution is 2.41. The van der Waals surface area contributed by atoms with Gasteiger partial charge in [-0.05, 0) is 11.1 Å². The van der Waals surface area contributed by atoms with Gasteiger partial charge in [0.05, 0.1) is 0 Å². The Kier molecular flexibility index (Phi) is 1.92. The lowest BCUT2D eigenvalue weighted by molar-refractivity contribution is 1.01. The summed E-state index contributed by atoms with van der Waals surface area (Å²) < 4.78 is 0. The molecule has 0 atom stereocenters. The van der Waals surface area contributed by atoms with Crippen LogP contribution in [-0.2, 0) is 6.42 Å². The minimum atomic E-state index is 0.964. The summed E-state index contributed by atoms with van der Waals surface area (Å²) in [5.41, 5.74) is 7.45. The predicted octanol–water partition coefficient (Wildman–Crippen LogP) is 3.65. The van der Waals surface area contributed by atoms with Crippen molar-refractivity contribution in [3.05, 3.63) is 65.9 Å². The Hall–Kier alpha value is -2.35. The maximum atomic E-state index is 4.48. The highest BCUT2D eigenvalue weighted by atomic mass is 15.1. The average molecular weight is 232 g/mol. The van der Waals surface area contributed by atoms with Gasteiger partial charge in [-0.2, -0.15) is 5.10 Å². The molecule has 2 nitrogen and oxygen atoms in total. The Morgan fingerprint density at radius 3 is 2.56 bits per heavy atom. The van der Waals surface area contributed by atoms with Crippen LogP contribution < -0.4 is 0 Å². The van der Waals surface area contributed by atoms with Gasteiger partial charge in [0, 0.05) is 23.2 Å². The molecule has 0 aliphatic heterocycles. The van der Waals surface area contributed by atoms with E-state index in [1.165, 1.54) is 27.9 Å². The van der Waals surface area contributed by atoms with E-state index in [1.807, 2.05) is 6.07 Å². The van der Waals surface area contributed by atoms with Crippen molar-refractivity contribution in [1.29, 1.82) is 0 Å². The number of H-pyrrole nitrogens is 1. The zero-order valence-corrected chi connectivity index (χ0v) is 9.85. The first-order valence-corrected chi connectivity index (χ1v) is 6.14. The van der Waals surface area contributed by atoms with Crippen LogP contribution in [-0.4, -0.2) is 10.2 Å². The van der Waals surface area contributed by atoms with Gasteiger partial charge in [-0.25, -0.2) is 0 Å². The molecule has 1 heterocycles. The van der Waals surface area contributed by atoms with E-state index in [4.69, 9.17) is 0 Å². The molecule has 0 spiro atoms. The first-order valence-electron chi connectivity index (χ1n) is 6.14. The standard InChI is InChI=1S/C16H12N2/c1-2-6-11(7-3-1)16-15-13-9-5-4-8-12(13)10-14(15)17-18-16/h1-9H,10H2,(H,17,18).